The van der Waals surface area contributed by atoms with E-state index in [4.69, 9.17) is 0 Å². The van der Waals surface area contributed by atoms with E-state index >= 15 is 0 Å². The molecule has 1 aromatic carbocycles. The molecule has 0 aromatic heterocycles. The standard InChI is InChI=1S/C20H30FN3O3S/c21-16-7-9-19(10-8-16)28(26,27)22-13-11-20(25)23-17-12-14-24(15-17)18-5-3-1-2-4-6-18/h7-10,17-18,22H,1-6,11-15H2,(H,23,25). The lowest BCUT2D eigenvalue weighted by molar-refractivity contribution is -0.121. The summed E-state index contributed by atoms with van der Waals surface area (Å²) >= 11 is 0. The smallest absolute Gasteiger partial charge is 0.240 e. The number of benzene rings is 1. The molecule has 6 nitrogen and oxygen atoms in total. The second-order valence-electron chi connectivity index (χ2n) is 7.80. The molecule has 2 fully saturated rings. The van der Waals surface area contributed by atoms with Crippen LogP contribution in [-0.2, 0) is 14.8 Å². The van der Waals surface area contributed by atoms with Gasteiger partial charge in [0.05, 0.1) is 4.90 Å². The normalized spacial score (nSPS) is 22.1. The van der Waals surface area contributed by atoms with Crippen molar-refractivity contribution in [3.8, 4) is 0 Å². The first kappa shape index (κ1) is 21.2. The Kier molecular flexibility index (Phi) is 7.42. The SMILES string of the molecule is O=C(CCNS(=O)(=O)c1ccc(F)cc1)NC1CCN(C2CCCCCC2)C1. The molecule has 1 aromatic rings. The lowest BCUT2D eigenvalue weighted by Gasteiger charge is -2.26. The molecule has 1 saturated heterocycles. The van der Waals surface area contributed by atoms with Crippen LogP contribution < -0.4 is 10.0 Å². The molecule has 1 heterocycles. The van der Waals surface area contributed by atoms with E-state index in [1.54, 1.807) is 0 Å². The highest BCUT2D eigenvalue weighted by Crippen LogP contribution is 2.25. The zero-order chi connectivity index (χ0) is 20.0. The lowest BCUT2D eigenvalue weighted by atomic mass is 10.1. The number of carbonyl (C=O) groups is 1. The third-order valence-corrected chi connectivity index (χ3v) is 7.17. The average molecular weight is 412 g/mol. The Morgan fingerprint density at radius 1 is 1.07 bits per heavy atom. The van der Waals surface area contributed by atoms with Gasteiger partial charge in [-0.25, -0.2) is 17.5 Å². The Labute approximate surface area is 166 Å². The number of nitrogens with zero attached hydrogens (tertiary/aromatic N) is 1. The van der Waals surface area contributed by atoms with Gasteiger partial charge >= 0.3 is 0 Å². The first-order valence-electron chi connectivity index (χ1n) is 10.2. The van der Waals surface area contributed by atoms with Crippen molar-refractivity contribution >= 4 is 15.9 Å². The fourth-order valence-corrected chi connectivity index (χ4v) is 5.19. The second-order valence-corrected chi connectivity index (χ2v) is 9.56. The number of halogens is 1. The summed E-state index contributed by atoms with van der Waals surface area (Å²) in [5.41, 5.74) is 0. The second kappa shape index (κ2) is 9.80. The van der Waals surface area contributed by atoms with Crippen molar-refractivity contribution in [3.63, 3.8) is 0 Å². The number of carbonyl (C=O) groups excluding carboxylic acids is 1. The van der Waals surface area contributed by atoms with E-state index in [0.717, 1.165) is 31.6 Å². The first-order chi connectivity index (χ1) is 13.4. The minimum absolute atomic E-state index is 0.0101. The summed E-state index contributed by atoms with van der Waals surface area (Å²) in [5, 5.41) is 3.03. The maximum absolute atomic E-state index is 12.9. The molecule has 28 heavy (non-hydrogen) atoms. The van der Waals surface area contributed by atoms with Crippen LogP contribution in [0.25, 0.3) is 0 Å². The van der Waals surface area contributed by atoms with Gasteiger partial charge in [0.2, 0.25) is 15.9 Å². The van der Waals surface area contributed by atoms with Crippen molar-refractivity contribution in [1.82, 2.24) is 14.9 Å². The summed E-state index contributed by atoms with van der Waals surface area (Å²) in [6.45, 7) is 1.93. The Hall–Kier alpha value is -1.51. The molecule has 0 radical (unpaired) electrons. The molecule has 8 heteroatoms. The molecule has 0 spiro atoms. The monoisotopic (exact) mass is 411 g/mol. The summed E-state index contributed by atoms with van der Waals surface area (Å²) in [4.78, 5) is 14.7. The summed E-state index contributed by atoms with van der Waals surface area (Å²) < 4.78 is 39.6. The molecule has 1 aliphatic carbocycles. The Morgan fingerprint density at radius 2 is 1.75 bits per heavy atom. The third-order valence-electron chi connectivity index (χ3n) is 5.69. The fourth-order valence-electron chi connectivity index (χ4n) is 4.16. The number of hydrogen-bond acceptors (Lipinski definition) is 4. The predicted molar refractivity (Wildman–Crippen MR) is 106 cm³/mol. The van der Waals surface area contributed by atoms with Crippen molar-refractivity contribution in [2.75, 3.05) is 19.6 Å². The number of hydrogen-bond donors (Lipinski definition) is 2. The third kappa shape index (κ3) is 5.99. The molecule has 2 N–H and O–H groups in total. The van der Waals surface area contributed by atoms with Gasteiger partial charge in [-0.1, -0.05) is 25.7 Å². The van der Waals surface area contributed by atoms with Crippen LogP contribution in [0.4, 0.5) is 4.39 Å². The maximum atomic E-state index is 12.9. The van der Waals surface area contributed by atoms with E-state index in [9.17, 15) is 17.6 Å². The van der Waals surface area contributed by atoms with Crippen LogP contribution in [0.15, 0.2) is 29.2 Å². The van der Waals surface area contributed by atoms with Crippen molar-refractivity contribution in [3.05, 3.63) is 30.1 Å². The summed E-state index contributed by atoms with van der Waals surface area (Å²) in [7, 11) is -3.73. The molecule has 1 amide bonds. The van der Waals surface area contributed by atoms with E-state index < -0.39 is 15.8 Å². The molecule has 1 aliphatic heterocycles. The first-order valence-corrected chi connectivity index (χ1v) is 11.7. The molecule has 3 rings (SSSR count). The zero-order valence-corrected chi connectivity index (χ0v) is 17.0. The summed E-state index contributed by atoms with van der Waals surface area (Å²) in [6, 6.07) is 5.40. The molecule has 1 unspecified atom stereocenters. The van der Waals surface area contributed by atoms with Crippen LogP contribution in [0.1, 0.15) is 51.4 Å². The van der Waals surface area contributed by atoms with Crippen LogP contribution >= 0.6 is 0 Å². The summed E-state index contributed by atoms with van der Waals surface area (Å²) in [5.74, 6) is -0.637. The highest BCUT2D eigenvalue weighted by atomic mass is 32.2. The van der Waals surface area contributed by atoms with Gasteiger partial charge in [0.1, 0.15) is 5.82 Å². The molecule has 1 saturated carbocycles. The number of likely N-dealkylation sites (tertiary alicyclic amines) is 1. The predicted octanol–water partition coefficient (Wildman–Crippen LogP) is 2.41. The number of rotatable bonds is 7. The van der Waals surface area contributed by atoms with Crippen molar-refractivity contribution in [1.29, 1.82) is 0 Å². The van der Waals surface area contributed by atoms with Gasteiger partial charge in [0, 0.05) is 38.1 Å². The Balaban J connectivity index is 1.39. The van der Waals surface area contributed by atoms with Crippen LogP contribution in [-0.4, -0.2) is 50.9 Å². The van der Waals surface area contributed by atoms with E-state index in [1.807, 2.05) is 0 Å². The zero-order valence-electron chi connectivity index (χ0n) is 16.2. The van der Waals surface area contributed by atoms with Crippen LogP contribution in [0.2, 0.25) is 0 Å². The van der Waals surface area contributed by atoms with Gasteiger partial charge in [0.15, 0.2) is 0 Å². The quantitative estimate of drug-likeness (QED) is 0.676. The lowest BCUT2D eigenvalue weighted by Crippen LogP contribution is -2.40. The number of sulfonamides is 1. The van der Waals surface area contributed by atoms with Gasteiger partial charge in [-0.05, 0) is 43.5 Å². The van der Waals surface area contributed by atoms with E-state index in [2.05, 4.69) is 14.9 Å². The van der Waals surface area contributed by atoms with Gasteiger partial charge in [-0.15, -0.1) is 0 Å². The maximum Gasteiger partial charge on any atom is 0.240 e. The molecule has 0 bridgehead atoms. The number of amides is 1. The molecular formula is C20H30FN3O3S. The van der Waals surface area contributed by atoms with Gasteiger partial charge in [-0.3, -0.25) is 9.69 Å². The Morgan fingerprint density at radius 3 is 2.43 bits per heavy atom. The average Bonchev–Trinajstić information content (AvgIpc) is 2.94. The van der Waals surface area contributed by atoms with Gasteiger partial charge < -0.3 is 5.32 Å². The minimum Gasteiger partial charge on any atom is -0.352 e. The minimum atomic E-state index is -3.73. The largest absolute Gasteiger partial charge is 0.352 e. The van der Waals surface area contributed by atoms with E-state index in [-0.39, 0.29) is 29.8 Å². The molecule has 1 atom stereocenters. The van der Waals surface area contributed by atoms with E-state index in [1.165, 1.54) is 50.7 Å². The Bertz CT molecular complexity index is 746. The van der Waals surface area contributed by atoms with Gasteiger partial charge in [0.25, 0.3) is 0 Å². The molecule has 2 aliphatic rings. The number of nitrogens with one attached hydrogen (secondary N) is 2. The molecular weight excluding hydrogens is 381 g/mol. The topological polar surface area (TPSA) is 78.5 Å². The van der Waals surface area contributed by atoms with Crippen LogP contribution in [0.5, 0.6) is 0 Å². The molecule has 156 valence electrons. The fraction of sp³-hybridized carbons (Fsp3) is 0.650. The van der Waals surface area contributed by atoms with Crippen molar-refractivity contribution < 1.29 is 17.6 Å². The van der Waals surface area contributed by atoms with Crippen LogP contribution in [0.3, 0.4) is 0 Å². The van der Waals surface area contributed by atoms with Crippen molar-refractivity contribution in [2.24, 2.45) is 0 Å². The van der Waals surface area contributed by atoms with E-state index in [0.29, 0.717) is 6.04 Å². The van der Waals surface area contributed by atoms with Gasteiger partial charge in [-0.2, -0.15) is 0 Å². The highest BCUT2D eigenvalue weighted by Gasteiger charge is 2.29. The summed E-state index contributed by atoms with van der Waals surface area (Å²) in [6.07, 6.45) is 8.80. The highest BCUT2D eigenvalue weighted by molar-refractivity contribution is 7.89. The van der Waals surface area contributed by atoms with Crippen molar-refractivity contribution in [2.45, 2.75) is 68.3 Å². The van der Waals surface area contributed by atoms with Crippen LogP contribution in [0, 0.1) is 5.82 Å².